The van der Waals surface area contributed by atoms with E-state index in [1.54, 1.807) is 6.07 Å². The number of hydrogen-bond acceptors (Lipinski definition) is 5. The number of nitro groups is 1. The molecule has 11 heteroatoms. The van der Waals surface area contributed by atoms with Gasteiger partial charge in [-0.2, -0.15) is 4.31 Å². The van der Waals surface area contributed by atoms with Crippen LogP contribution in [0, 0.1) is 21.7 Å². The number of H-pyrrole nitrogens is 1. The second-order valence-corrected chi connectivity index (χ2v) is 7.56. The molecule has 0 aliphatic carbocycles. The molecular weight excluding hydrogens is 370 g/mol. The van der Waals surface area contributed by atoms with Crippen molar-refractivity contribution in [3.05, 3.63) is 58.3 Å². The summed E-state index contributed by atoms with van der Waals surface area (Å²) in [6.07, 6.45) is 1.26. The van der Waals surface area contributed by atoms with E-state index in [9.17, 15) is 27.3 Å². The number of benzene rings is 1. The third-order valence-electron chi connectivity index (χ3n) is 4.08. The minimum Gasteiger partial charge on any atom is -0.259 e. The smallest absolute Gasteiger partial charge is 0.259 e. The van der Waals surface area contributed by atoms with Crippen LogP contribution < -0.4 is 9.88 Å². The number of sulfonamides is 1. The number of nitrogens with zero attached hydrogens (tertiary/aromatic N) is 3. The number of aromatic amines is 1. The second-order valence-electron chi connectivity index (χ2n) is 5.66. The van der Waals surface area contributed by atoms with E-state index >= 15 is 0 Å². The van der Waals surface area contributed by atoms with Gasteiger partial charge < -0.3 is 0 Å². The maximum absolute atomic E-state index is 13.8. The fourth-order valence-corrected chi connectivity index (χ4v) is 4.18. The Morgan fingerprint density at radius 2 is 1.77 bits per heavy atom. The molecule has 0 spiro atoms. The van der Waals surface area contributed by atoms with Gasteiger partial charge in [0.15, 0.2) is 6.20 Å². The Morgan fingerprint density at radius 1 is 1.08 bits per heavy atom. The fourth-order valence-electron chi connectivity index (χ4n) is 2.71. The lowest BCUT2D eigenvalue weighted by Gasteiger charge is -2.30. The molecule has 2 heterocycles. The van der Waals surface area contributed by atoms with Crippen LogP contribution in [0.5, 0.6) is 0 Å². The van der Waals surface area contributed by atoms with Gasteiger partial charge in [-0.05, 0) is 12.1 Å². The van der Waals surface area contributed by atoms with E-state index in [1.165, 1.54) is 12.3 Å². The minimum atomic E-state index is -4.07. The SMILES string of the molecule is O=[N+]([O-])c1ccc(N2CCN(S(=O)(=O)c3ccc(F)cc3F)CC2)[nH+]c1. The first kappa shape index (κ1) is 18.1. The summed E-state index contributed by atoms with van der Waals surface area (Å²) in [7, 11) is -4.07. The van der Waals surface area contributed by atoms with Crippen LogP contribution in [0.25, 0.3) is 0 Å². The highest BCUT2D eigenvalue weighted by molar-refractivity contribution is 7.89. The number of aromatic nitrogens is 1. The highest BCUT2D eigenvalue weighted by Gasteiger charge is 2.33. The monoisotopic (exact) mass is 385 g/mol. The Hall–Kier alpha value is -2.66. The molecule has 8 nitrogen and oxygen atoms in total. The first-order valence-corrected chi connectivity index (χ1v) is 9.09. The van der Waals surface area contributed by atoms with E-state index in [0.29, 0.717) is 25.0 Å². The van der Waals surface area contributed by atoms with Crippen molar-refractivity contribution in [2.75, 3.05) is 31.1 Å². The van der Waals surface area contributed by atoms with Crippen molar-refractivity contribution in [2.45, 2.75) is 4.90 Å². The summed E-state index contributed by atoms with van der Waals surface area (Å²) in [5, 5.41) is 10.7. The lowest BCUT2D eigenvalue weighted by atomic mass is 10.3. The molecule has 0 atom stereocenters. The largest absolute Gasteiger partial charge is 0.308 e. The molecule has 0 unspecified atom stereocenters. The highest BCUT2D eigenvalue weighted by atomic mass is 32.2. The number of nitrogens with one attached hydrogen (secondary N) is 1. The van der Waals surface area contributed by atoms with Crippen molar-refractivity contribution in [1.82, 2.24) is 4.31 Å². The van der Waals surface area contributed by atoms with Gasteiger partial charge >= 0.3 is 5.69 Å². The molecule has 0 saturated carbocycles. The molecule has 1 aliphatic heterocycles. The summed E-state index contributed by atoms with van der Waals surface area (Å²) < 4.78 is 53.0. The fraction of sp³-hybridized carbons (Fsp3) is 0.267. The van der Waals surface area contributed by atoms with Gasteiger partial charge in [-0.25, -0.2) is 22.2 Å². The van der Waals surface area contributed by atoms with Crippen LogP contribution in [-0.4, -0.2) is 43.8 Å². The highest BCUT2D eigenvalue weighted by Crippen LogP contribution is 2.22. The zero-order valence-electron chi connectivity index (χ0n) is 13.4. The van der Waals surface area contributed by atoms with E-state index in [1.807, 2.05) is 4.90 Å². The van der Waals surface area contributed by atoms with Gasteiger partial charge in [0.05, 0.1) is 31.1 Å². The molecule has 26 heavy (non-hydrogen) atoms. The number of halogens is 2. The van der Waals surface area contributed by atoms with Gasteiger partial charge in [-0.3, -0.25) is 15.0 Å². The summed E-state index contributed by atoms with van der Waals surface area (Å²) in [6, 6.07) is 5.24. The third-order valence-corrected chi connectivity index (χ3v) is 6.01. The van der Waals surface area contributed by atoms with Crippen LogP contribution in [-0.2, 0) is 10.0 Å². The van der Waals surface area contributed by atoms with Crippen molar-refractivity contribution in [2.24, 2.45) is 0 Å². The molecule has 0 amide bonds. The van der Waals surface area contributed by atoms with Gasteiger partial charge in [-0.15, -0.1) is 0 Å². The normalized spacial score (nSPS) is 15.8. The Labute approximate surface area is 147 Å². The zero-order chi connectivity index (χ0) is 18.9. The Bertz CT molecular complexity index is 929. The Balaban J connectivity index is 1.72. The van der Waals surface area contributed by atoms with Crippen LogP contribution in [0.3, 0.4) is 0 Å². The first-order chi connectivity index (χ1) is 12.3. The summed E-state index contributed by atoms with van der Waals surface area (Å²) in [6.45, 7) is 0.834. The number of pyridine rings is 1. The molecule has 1 aromatic carbocycles. The summed E-state index contributed by atoms with van der Waals surface area (Å²) >= 11 is 0. The van der Waals surface area contributed by atoms with E-state index in [0.717, 1.165) is 16.4 Å². The standard InChI is InChI=1S/C15H14F2N4O4S/c16-11-1-3-14(13(17)9-11)26(24,25)20-7-5-19(6-8-20)15-4-2-12(10-18-15)21(22)23/h1-4,9-10H,5-8H2/p+1. The predicted molar refractivity (Wildman–Crippen MR) is 87.0 cm³/mol. The minimum absolute atomic E-state index is 0.0817. The van der Waals surface area contributed by atoms with Crippen molar-refractivity contribution in [3.63, 3.8) is 0 Å². The average molecular weight is 385 g/mol. The number of piperazine rings is 1. The maximum Gasteiger partial charge on any atom is 0.308 e. The molecule has 0 bridgehead atoms. The lowest BCUT2D eigenvalue weighted by molar-refractivity contribution is -0.414. The molecule has 1 saturated heterocycles. The van der Waals surface area contributed by atoms with Crippen LogP contribution in [0.2, 0.25) is 0 Å². The van der Waals surface area contributed by atoms with Gasteiger partial charge in [0.25, 0.3) is 5.82 Å². The van der Waals surface area contributed by atoms with Crippen molar-refractivity contribution >= 4 is 21.5 Å². The quantitative estimate of drug-likeness (QED) is 0.582. The molecule has 138 valence electrons. The molecule has 1 aromatic heterocycles. The molecule has 1 aliphatic rings. The zero-order valence-corrected chi connectivity index (χ0v) is 14.2. The van der Waals surface area contributed by atoms with Crippen molar-refractivity contribution < 1.29 is 27.1 Å². The third kappa shape index (κ3) is 3.48. The van der Waals surface area contributed by atoms with Gasteiger partial charge in [0.1, 0.15) is 16.5 Å². The Kier molecular flexibility index (Phi) is 4.83. The van der Waals surface area contributed by atoms with E-state index < -0.39 is 31.5 Å². The number of rotatable bonds is 4. The van der Waals surface area contributed by atoms with Crippen LogP contribution >= 0.6 is 0 Å². The Morgan fingerprint density at radius 3 is 2.31 bits per heavy atom. The van der Waals surface area contributed by atoms with Gasteiger partial charge in [0.2, 0.25) is 10.0 Å². The lowest BCUT2D eigenvalue weighted by Crippen LogP contribution is -2.50. The van der Waals surface area contributed by atoms with E-state index in [4.69, 9.17) is 0 Å². The van der Waals surface area contributed by atoms with Crippen molar-refractivity contribution in [1.29, 1.82) is 0 Å². The molecule has 2 aromatic rings. The van der Waals surface area contributed by atoms with E-state index in [2.05, 4.69) is 4.98 Å². The first-order valence-electron chi connectivity index (χ1n) is 7.65. The summed E-state index contributed by atoms with van der Waals surface area (Å²) in [5.74, 6) is -1.36. The molecule has 3 rings (SSSR count). The number of hydrogen-bond donors (Lipinski definition) is 0. The second kappa shape index (κ2) is 6.92. The average Bonchev–Trinajstić information content (AvgIpc) is 2.61. The molecule has 1 N–H and O–H groups in total. The van der Waals surface area contributed by atoms with Crippen LogP contribution in [0.4, 0.5) is 20.3 Å². The van der Waals surface area contributed by atoms with Crippen LogP contribution in [0.15, 0.2) is 41.4 Å². The van der Waals surface area contributed by atoms with Gasteiger partial charge in [-0.1, -0.05) is 0 Å². The van der Waals surface area contributed by atoms with Crippen molar-refractivity contribution in [3.8, 4) is 0 Å². The van der Waals surface area contributed by atoms with E-state index in [-0.39, 0.29) is 18.8 Å². The molecular formula is C15H15F2N4O4S+. The maximum atomic E-state index is 13.8. The topological polar surface area (TPSA) is 97.9 Å². The molecule has 1 fully saturated rings. The molecule has 0 radical (unpaired) electrons. The summed E-state index contributed by atoms with van der Waals surface area (Å²) in [5.41, 5.74) is -0.0817. The van der Waals surface area contributed by atoms with Gasteiger partial charge in [0, 0.05) is 18.2 Å². The van der Waals surface area contributed by atoms with Crippen LogP contribution in [0.1, 0.15) is 0 Å². The summed E-state index contributed by atoms with van der Waals surface area (Å²) in [4.78, 5) is 14.2. The number of anilines is 1. The predicted octanol–water partition coefficient (Wildman–Crippen LogP) is 1.20.